The van der Waals surface area contributed by atoms with Gasteiger partial charge in [-0.25, -0.2) is 0 Å². The van der Waals surface area contributed by atoms with Gasteiger partial charge in [-0.3, -0.25) is 4.79 Å². The largest absolute Gasteiger partial charge is 0.350 e. The van der Waals surface area contributed by atoms with Gasteiger partial charge in [0, 0.05) is 46.4 Å². The van der Waals surface area contributed by atoms with Crippen LogP contribution in [0.1, 0.15) is 21.5 Å². The van der Waals surface area contributed by atoms with Crippen LogP contribution in [0.5, 0.6) is 0 Å². The van der Waals surface area contributed by atoms with E-state index in [1.165, 1.54) is 26.9 Å². The van der Waals surface area contributed by atoms with Gasteiger partial charge in [-0.05, 0) is 47.0 Å². The molecule has 0 radical (unpaired) electrons. The Balaban J connectivity index is 1.27. The molecule has 1 heterocycles. The predicted molar refractivity (Wildman–Crippen MR) is 139 cm³/mol. The zero-order valence-corrected chi connectivity index (χ0v) is 19.4. The molecule has 1 aromatic heterocycles. The number of rotatable bonds is 7. The summed E-state index contributed by atoms with van der Waals surface area (Å²) in [5.74, 6) is 0.908. The summed E-state index contributed by atoms with van der Waals surface area (Å²) in [6.45, 7) is 3.47. The van der Waals surface area contributed by atoms with Crippen LogP contribution in [0.2, 0.25) is 0 Å². The van der Waals surface area contributed by atoms with Crippen molar-refractivity contribution in [3.8, 4) is 0 Å². The number of carbonyl (C=O) groups excluding carboxylic acids is 1. The highest BCUT2D eigenvalue weighted by molar-refractivity contribution is 7.98. The van der Waals surface area contributed by atoms with E-state index in [0.717, 1.165) is 23.1 Å². The summed E-state index contributed by atoms with van der Waals surface area (Å²) in [6.07, 6.45) is 2.22. The molecule has 0 unspecified atom stereocenters. The fraction of sp³-hybridized carbons (Fsp3) is 0.138. The second kappa shape index (κ2) is 9.55. The Bertz CT molecular complexity index is 1440. The molecule has 0 aliphatic carbocycles. The monoisotopic (exact) mass is 450 g/mol. The molecule has 5 rings (SSSR count). The van der Waals surface area contributed by atoms with Crippen LogP contribution in [0.25, 0.3) is 21.7 Å². The van der Waals surface area contributed by atoms with Gasteiger partial charge in [-0.15, -0.1) is 11.8 Å². The van der Waals surface area contributed by atoms with Gasteiger partial charge < -0.3 is 9.88 Å². The predicted octanol–water partition coefficient (Wildman–Crippen LogP) is 6.83. The van der Waals surface area contributed by atoms with Crippen molar-refractivity contribution in [2.75, 3.05) is 6.54 Å². The van der Waals surface area contributed by atoms with E-state index in [-0.39, 0.29) is 5.91 Å². The molecule has 0 saturated carbocycles. The summed E-state index contributed by atoms with van der Waals surface area (Å²) >= 11 is 1.87. The lowest BCUT2D eigenvalue weighted by Crippen LogP contribution is -2.27. The van der Waals surface area contributed by atoms with E-state index in [2.05, 4.69) is 77.6 Å². The van der Waals surface area contributed by atoms with Gasteiger partial charge in [0.1, 0.15) is 0 Å². The van der Waals surface area contributed by atoms with Gasteiger partial charge in [-0.2, -0.15) is 0 Å². The number of nitrogens with zero attached hydrogens (tertiary/aromatic N) is 1. The molecule has 33 heavy (non-hydrogen) atoms. The zero-order chi connectivity index (χ0) is 22.6. The van der Waals surface area contributed by atoms with E-state index in [1.807, 2.05) is 48.2 Å². The van der Waals surface area contributed by atoms with E-state index in [0.29, 0.717) is 12.1 Å². The number of para-hydroxylation sites is 1. The van der Waals surface area contributed by atoms with E-state index >= 15 is 0 Å². The molecular weight excluding hydrogens is 424 g/mol. The molecular formula is C29H26N2OS. The molecule has 5 aromatic rings. The van der Waals surface area contributed by atoms with Gasteiger partial charge in [-0.1, -0.05) is 72.8 Å². The number of hydrogen-bond acceptors (Lipinski definition) is 2. The third-order valence-corrected chi connectivity index (χ3v) is 7.14. The maximum atomic E-state index is 12.7. The molecule has 0 aliphatic rings. The Hall–Kier alpha value is -3.50. The van der Waals surface area contributed by atoms with Crippen molar-refractivity contribution >= 4 is 39.3 Å². The van der Waals surface area contributed by atoms with Gasteiger partial charge >= 0.3 is 0 Å². The van der Waals surface area contributed by atoms with Crippen LogP contribution in [-0.4, -0.2) is 17.0 Å². The minimum atomic E-state index is -0.0358. The number of benzene rings is 4. The van der Waals surface area contributed by atoms with Crippen molar-refractivity contribution in [3.63, 3.8) is 0 Å². The van der Waals surface area contributed by atoms with E-state index in [4.69, 9.17) is 0 Å². The van der Waals surface area contributed by atoms with Crippen LogP contribution < -0.4 is 5.32 Å². The van der Waals surface area contributed by atoms with E-state index in [9.17, 15) is 4.79 Å². The SMILES string of the molecule is Cc1ccccc1CSc1cn(CCNC(=O)c2ccc3ccccc3c2)c2ccccc12. The highest BCUT2D eigenvalue weighted by atomic mass is 32.2. The highest BCUT2D eigenvalue weighted by Gasteiger charge is 2.11. The summed E-state index contributed by atoms with van der Waals surface area (Å²) < 4.78 is 2.25. The first-order valence-electron chi connectivity index (χ1n) is 11.2. The number of aryl methyl sites for hydroxylation is 1. The van der Waals surface area contributed by atoms with Gasteiger partial charge in [0.25, 0.3) is 5.91 Å². The second-order valence-corrected chi connectivity index (χ2v) is 9.25. The lowest BCUT2D eigenvalue weighted by molar-refractivity contribution is 0.0952. The number of aromatic nitrogens is 1. The van der Waals surface area contributed by atoms with Crippen molar-refractivity contribution in [1.29, 1.82) is 0 Å². The van der Waals surface area contributed by atoms with Gasteiger partial charge in [0.05, 0.1) is 0 Å². The quantitative estimate of drug-likeness (QED) is 0.276. The number of amides is 1. The lowest BCUT2D eigenvalue weighted by atomic mass is 10.1. The average molecular weight is 451 g/mol. The molecule has 3 nitrogen and oxygen atoms in total. The first-order chi connectivity index (χ1) is 16.2. The van der Waals surface area contributed by atoms with Gasteiger partial charge in [0.2, 0.25) is 0 Å². The van der Waals surface area contributed by atoms with Crippen molar-refractivity contribution in [1.82, 2.24) is 9.88 Å². The minimum absolute atomic E-state index is 0.0358. The van der Waals surface area contributed by atoms with Crippen molar-refractivity contribution in [3.05, 3.63) is 114 Å². The third-order valence-electron chi connectivity index (χ3n) is 6.05. The summed E-state index contributed by atoms with van der Waals surface area (Å²) in [4.78, 5) is 14.0. The molecule has 0 aliphatic heterocycles. The molecule has 0 spiro atoms. The summed E-state index contributed by atoms with van der Waals surface area (Å²) in [7, 11) is 0. The number of hydrogen-bond donors (Lipinski definition) is 1. The fourth-order valence-electron chi connectivity index (χ4n) is 4.16. The number of carbonyl (C=O) groups is 1. The van der Waals surface area contributed by atoms with Crippen LogP contribution in [0, 0.1) is 6.92 Å². The zero-order valence-electron chi connectivity index (χ0n) is 18.6. The molecule has 4 aromatic carbocycles. The van der Waals surface area contributed by atoms with Crippen molar-refractivity contribution < 1.29 is 4.79 Å². The first-order valence-corrected chi connectivity index (χ1v) is 12.2. The topological polar surface area (TPSA) is 34.0 Å². The normalized spacial score (nSPS) is 11.2. The minimum Gasteiger partial charge on any atom is -0.350 e. The summed E-state index contributed by atoms with van der Waals surface area (Å²) in [5, 5.41) is 6.57. The number of fused-ring (bicyclic) bond motifs is 2. The van der Waals surface area contributed by atoms with Crippen LogP contribution in [0.3, 0.4) is 0 Å². The van der Waals surface area contributed by atoms with Crippen LogP contribution in [-0.2, 0) is 12.3 Å². The number of nitrogens with one attached hydrogen (secondary N) is 1. The summed E-state index contributed by atoms with van der Waals surface area (Å²) in [5.41, 5.74) is 4.58. The molecule has 0 fully saturated rings. The Labute approximate surface area is 198 Å². The maximum absolute atomic E-state index is 12.7. The first kappa shape index (κ1) is 21.4. The Morgan fingerprint density at radius 2 is 1.64 bits per heavy atom. The van der Waals surface area contributed by atoms with E-state index < -0.39 is 0 Å². The maximum Gasteiger partial charge on any atom is 0.251 e. The Kier molecular flexibility index (Phi) is 6.18. The standard InChI is InChI=1S/C29H26N2OS/c1-21-8-2-3-11-25(21)20-33-28-19-31(27-13-7-6-12-26(27)28)17-16-30-29(32)24-15-14-22-9-4-5-10-23(22)18-24/h2-15,18-19H,16-17,20H2,1H3,(H,30,32). The van der Waals surface area contributed by atoms with Crippen LogP contribution in [0.15, 0.2) is 102 Å². The third kappa shape index (κ3) is 4.67. The van der Waals surface area contributed by atoms with Crippen LogP contribution >= 0.6 is 11.8 Å². The highest BCUT2D eigenvalue weighted by Crippen LogP contribution is 2.32. The molecule has 0 atom stereocenters. The molecule has 164 valence electrons. The fourth-order valence-corrected chi connectivity index (χ4v) is 5.33. The van der Waals surface area contributed by atoms with E-state index in [1.54, 1.807) is 0 Å². The molecule has 1 N–H and O–H groups in total. The molecule has 0 saturated heterocycles. The van der Waals surface area contributed by atoms with Crippen molar-refractivity contribution in [2.45, 2.75) is 24.1 Å². The Morgan fingerprint density at radius 3 is 2.52 bits per heavy atom. The molecule has 0 bridgehead atoms. The van der Waals surface area contributed by atoms with Gasteiger partial charge in [0.15, 0.2) is 0 Å². The van der Waals surface area contributed by atoms with Crippen LogP contribution in [0.4, 0.5) is 0 Å². The number of thioether (sulfide) groups is 1. The molecule has 4 heteroatoms. The second-order valence-electron chi connectivity index (χ2n) is 8.24. The van der Waals surface area contributed by atoms with Crippen molar-refractivity contribution in [2.24, 2.45) is 0 Å². The Morgan fingerprint density at radius 1 is 0.879 bits per heavy atom. The molecule has 1 amide bonds. The smallest absolute Gasteiger partial charge is 0.251 e. The average Bonchev–Trinajstić information content (AvgIpc) is 3.21. The summed E-state index contributed by atoms with van der Waals surface area (Å²) in [6, 6.07) is 31.0. The lowest BCUT2D eigenvalue weighted by Gasteiger charge is -2.08.